The Kier molecular flexibility index (Phi) is 6.80. The lowest BCUT2D eigenvalue weighted by atomic mass is 10.1. The molecule has 8 heteroatoms. The summed E-state index contributed by atoms with van der Waals surface area (Å²) >= 11 is 0. The highest BCUT2D eigenvalue weighted by atomic mass is 32.2. The Balaban J connectivity index is 2.35. The molecular formula is C20H21NO6S. The van der Waals surface area contributed by atoms with Gasteiger partial charge in [0.1, 0.15) is 12.4 Å². The third kappa shape index (κ3) is 4.34. The molecule has 0 heterocycles. The molecule has 2 aromatic rings. The number of benzene rings is 2. The molecule has 0 amide bonds. The summed E-state index contributed by atoms with van der Waals surface area (Å²) in [6.07, 6.45) is -0.561. The summed E-state index contributed by atoms with van der Waals surface area (Å²) in [4.78, 5) is 8.89. The molecule has 28 heavy (non-hydrogen) atoms. The summed E-state index contributed by atoms with van der Waals surface area (Å²) in [5.41, 5.74) is 7.39. The predicted molar refractivity (Wildman–Crippen MR) is 104 cm³/mol. The maximum absolute atomic E-state index is 12.9. The molecule has 2 rings (SSSR count). The molecule has 0 unspecified atom stereocenters. The zero-order chi connectivity index (χ0) is 20.8. The van der Waals surface area contributed by atoms with Gasteiger partial charge in [0.05, 0.1) is 18.4 Å². The Morgan fingerprint density at radius 1 is 1.04 bits per heavy atom. The van der Waals surface area contributed by atoms with Gasteiger partial charge in [-0.05, 0) is 35.4 Å². The van der Waals surface area contributed by atoms with E-state index >= 15 is 0 Å². The van der Waals surface area contributed by atoms with Gasteiger partial charge in [0, 0.05) is 7.11 Å². The van der Waals surface area contributed by atoms with E-state index in [0.29, 0.717) is 5.75 Å². The Hall–Kier alpha value is -2.86. The Bertz CT molecular complexity index is 988. The van der Waals surface area contributed by atoms with Crippen molar-refractivity contribution in [2.24, 2.45) is 5.73 Å². The molecular weight excluding hydrogens is 382 g/mol. The van der Waals surface area contributed by atoms with Crippen LogP contribution in [0.1, 0.15) is 6.42 Å². The van der Waals surface area contributed by atoms with Gasteiger partial charge < -0.3 is 20.3 Å². The number of ether oxygens (including phenoxy) is 2. The summed E-state index contributed by atoms with van der Waals surface area (Å²) in [6, 6.07) is 13.1. The fraction of sp³-hybridized carbons (Fsp3) is 0.250. The second-order valence-electron chi connectivity index (χ2n) is 5.91. The van der Waals surface area contributed by atoms with Crippen LogP contribution >= 0.6 is 0 Å². The molecule has 0 radical (unpaired) electrons. The largest absolute Gasteiger partial charge is 0.497 e. The third-order valence-corrected chi connectivity index (χ3v) is 6.29. The van der Waals surface area contributed by atoms with E-state index in [1.807, 2.05) is 12.1 Å². The van der Waals surface area contributed by atoms with E-state index in [-0.39, 0.29) is 11.5 Å². The number of carbonyl (C=O) groups is 1. The molecule has 0 aliphatic carbocycles. The van der Waals surface area contributed by atoms with Crippen molar-refractivity contribution < 1.29 is 27.8 Å². The van der Waals surface area contributed by atoms with Gasteiger partial charge in [-0.25, -0.2) is 13.2 Å². The van der Waals surface area contributed by atoms with Gasteiger partial charge in [-0.2, -0.15) is 0 Å². The first-order valence-electron chi connectivity index (χ1n) is 8.22. The number of aliphatic carboxylic acids is 1. The van der Waals surface area contributed by atoms with Crippen molar-refractivity contribution in [3.63, 3.8) is 0 Å². The first-order valence-corrected chi connectivity index (χ1v) is 9.70. The van der Waals surface area contributed by atoms with Crippen LogP contribution in [0, 0.1) is 11.8 Å². The van der Waals surface area contributed by atoms with E-state index in [4.69, 9.17) is 15.2 Å². The second kappa shape index (κ2) is 8.89. The Labute approximate surface area is 164 Å². The molecule has 1 atom stereocenters. The van der Waals surface area contributed by atoms with Gasteiger partial charge in [0.25, 0.3) is 0 Å². The van der Waals surface area contributed by atoms with Crippen molar-refractivity contribution in [2.45, 2.75) is 16.2 Å². The minimum absolute atomic E-state index is 0.0479. The van der Waals surface area contributed by atoms with Crippen LogP contribution in [0.25, 0.3) is 11.1 Å². The van der Waals surface area contributed by atoms with Crippen molar-refractivity contribution in [3.05, 3.63) is 48.5 Å². The number of hydrogen-bond acceptors (Lipinski definition) is 6. The molecule has 0 aromatic heterocycles. The topological polar surface area (TPSA) is 116 Å². The van der Waals surface area contributed by atoms with Crippen LogP contribution in [0.2, 0.25) is 0 Å². The lowest BCUT2D eigenvalue weighted by molar-refractivity contribution is -0.139. The highest BCUT2D eigenvalue weighted by molar-refractivity contribution is 7.93. The zero-order valence-electron chi connectivity index (χ0n) is 15.5. The number of hydrogen-bond donors (Lipinski definition) is 2. The molecule has 3 N–H and O–H groups in total. The molecule has 0 saturated carbocycles. The van der Waals surface area contributed by atoms with E-state index in [0.717, 1.165) is 11.1 Å². The van der Waals surface area contributed by atoms with Crippen molar-refractivity contribution in [1.82, 2.24) is 0 Å². The third-order valence-electron chi connectivity index (χ3n) is 4.12. The summed E-state index contributed by atoms with van der Waals surface area (Å²) in [7, 11) is -1.40. The van der Waals surface area contributed by atoms with Gasteiger partial charge in [0.15, 0.2) is 0 Å². The number of carboxylic acid groups (broad SMARTS) is 1. The Morgan fingerprint density at radius 2 is 1.57 bits per heavy atom. The summed E-state index contributed by atoms with van der Waals surface area (Å²) < 4.78 is 35.6. The van der Waals surface area contributed by atoms with E-state index in [9.17, 15) is 18.3 Å². The average molecular weight is 403 g/mol. The monoisotopic (exact) mass is 403 g/mol. The molecule has 0 aliphatic heterocycles. The van der Waals surface area contributed by atoms with Gasteiger partial charge in [-0.15, -0.1) is 0 Å². The van der Waals surface area contributed by atoms with Crippen LogP contribution in [-0.4, -0.2) is 45.2 Å². The fourth-order valence-corrected chi connectivity index (χ4v) is 3.83. The van der Waals surface area contributed by atoms with Crippen molar-refractivity contribution in [2.75, 3.05) is 20.8 Å². The minimum atomic E-state index is -4.38. The molecule has 7 nitrogen and oxygen atoms in total. The zero-order valence-corrected chi connectivity index (χ0v) is 16.3. The van der Waals surface area contributed by atoms with E-state index in [2.05, 4.69) is 11.8 Å². The lowest BCUT2D eigenvalue weighted by Crippen LogP contribution is -2.54. The highest BCUT2D eigenvalue weighted by Gasteiger charge is 2.48. The molecule has 148 valence electrons. The van der Waals surface area contributed by atoms with Gasteiger partial charge in [-0.3, -0.25) is 0 Å². The number of rotatable bonds is 7. The molecule has 0 fully saturated rings. The quantitative estimate of drug-likeness (QED) is 0.679. The van der Waals surface area contributed by atoms with Crippen LogP contribution in [0.5, 0.6) is 5.75 Å². The lowest BCUT2D eigenvalue weighted by Gasteiger charge is -2.22. The van der Waals surface area contributed by atoms with Crippen molar-refractivity contribution >= 4 is 15.8 Å². The maximum Gasteiger partial charge on any atom is 0.340 e. The highest BCUT2D eigenvalue weighted by Crippen LogP contribution is 2.28. The molecule has 2 aromatic carbocycles. The smallest absolute Gasteiger partial charge is 0.340 e. The van der Waals surface area contributed by atoms with E-state index in [1.54, 1.807) is 31.4 Å². The summed E-state index contributed by atoms with van der Waals surface area (Å²) in [5, 5.41) is 9.45. The first kappa shape index (κ1) is 21.4. The first-order chi connectivity index (χ1) is 13.3. The Morgan fingerprint density at radius 3 is 2.04 bits per heavy atom. The number of methoxy groups -OCH3 is 2. The van der Waals surface area contributed by atoms with Crippen molar-refractivity contribution in [3.8, 4) is 28.7 Å². The SMILES string of the molecule is COCC#CC[C@](N)(C(=O)O)S(=O)(=O)c1ccc(-c2ccc(OC)cc2)cc1. The number of nitrogens with two attached hydrogens (primary N) is 1. The minimum Gasteiger partial charge on any atom is -0.497 e. The van der Waals surface area contributed by atoms with Gasteiger partial charge in [0.2, 0.25) is 14.7 Å². The maximum atomic E-state index is 12.9. The fourth-order valence-electron chi connectivity index (χ4n) is 2.42. The molecule has 0 spiro atoms. The summed E-state index contributed by atoms with van der Waals surface area (Å²) in [5.74, 6) is 4.01. The molecule has 0 aliphatic rings. The molecule has 0 bridgehead atoms. The summed E-state index contributed by atoms with van der Waals surface area (Å²) in [6.45, 7) is 0.0479. The van der Waals surface area contributed by atoms with Gasteiger partial charge >= 0.3 is 5.97 Å². The predicted octanol–water partition coefficient (Wildman–Crippen LogP) is 1.92. The molecule has 0 saturated heterocycles. The normalized spacial score (nSPS) is 13.1. The van der Waals surface area contributed by atoms with E-state index in [1.165, 1.54) is 19.2 Å². The van der Waals surface area contributed by atoms with Crippen LogP contribution < -0.4 is 10.5 Å². The van der Waals surface area contributed by atoms with Crippen LogP contribution in [0.3, 0.4) is 0 Å². The average Bonchev–Trinajstić information content (AvgIpc) is 2.71. The van der Waals surface area contributed by atoms with Gasteiger partial charge in [-0.1, -0.05) is 36.1 Å². The van der Waals surface area contributed by atoms with E-state index < -0.39 is 27.1 Å². The standard InChI is InChI=1S/C20H21NO6S/c1-26-14-4-3-13-20(21,19(22)23)28(24,25)18-11-7-16(8-12-18)15-5-9-17(27-2)10-6-15/h5-12H,13-14,21H2,1-2H3,(H,22,23)/t20-/m1/s1. The number of sulfone groups is 1. The van der Waals surface area contributed by atoms with Crippen LogP contribution in [-0.2, 0) is 19.4 Å². The second-order valence-corrected chi connectivity index (χ2v) is 8.12. The number of carboxylic acids is 1. The van der Waals surface area contributed by atoms with Crippen LogP contribution in [0.4, 0.5) is 0 Å². The van der Waals surface area contributed by atoms with Crippen LogP contribution in [0.15, 0.2) is 53.4 Å². The van der Waals surface area contributed by atoms with Crippen molar-refractivity contribution in [1.29, 1.82) is 0 Å².